The normalized spacial score (nSPS) is 19.0. The molecule has 25 heavy (non-hydrogen) atoms. The van der Waals surface area contributed by atoms with Crippen LogP contribution in [-0.2, 0) is 27.2 Å². The number of benzene rings is 1. The zero-order chi connectivity index (χ0) is 17.8. The van der Waals surface area contributed by atoms with Gasteiger partial charge in [0.2, 0.25) is 17.7 Å². The molecule has 0 radical (unpaired) electrons. The van der Waals surface area contributed by atoms with Crippen molar-refractivity contribution in [2.24, 2.45) is 5.92 Å². The molecule has 0 saturated carbocycles. The summed E-state index contributed by atoms with van der Waals surface area (Å²) in [6.07, 6.45) is 4.38. The average Bonchev–Trinajstić information content (AvgIpc) is 3.23. The first kappa shape index (κ1) is 17.5. The summed E-state index contributed by atoms with van der Waals surface area (Å²) in [6.45, 7) is 2.90. The SMILES string of the molecule is CCCNC(=O)CNC(=O)[C@H]1CC(=O)N(c2ccc3c(c2)CCC3)C1. The lowest BCUT2D eigenvalue weighted by atomic mass is 10.1. The van der Waals surface area contributed by atoms with E-state index in [4.69, 9.17) is 0 Å². The van der Waals surface area contributed by atoms with Crippen LogP contribution >= 0.6 is 0 Å². The van der Waals surface area contributed by atoms with Crippen LogP contribution in [0.1, 0.15) is 37.3 Å². The van der Waals surface area contributed by atoms with E-state index in [2.05, 4.69) is 22.8 Å². The number of aryl methyl sites for hydroxylation is 2. The minimum atomic E-state index is -0.403. The highest BCUT2D eigenvalue weighted by Crippen LogP contribution is 2.30. The third kappa shape index (κ3) is 4.00. The van der Waals surface area contributed by atoms with Crippen molar-refractivity contribution in [1.29, 1.82) is 0 Å². The minimum absolute atomic E-state index is 0.0338. The Balaban J connectivity index is 1.57. The molecule has 1 fully saturated rings. The molecule has 3 rings (SSSR count). The van der Waals surface area contributed by atoms with Crippen LogP contribution in [0.4, 0.5) is 5.69 Å². The van der Waals surface area contributed by atoms with E-state index >= 15 is 0 Å². The number of rotatable bonds is 6. The predicted molar refractivity (Wildman–Crippen MR) is 95.2 cm³/mol. The summed E-state index contributed by atoms with van der Waals surface area (Å²) in [6, 6.07) is 6.15. The van der Waals surface area contributed by atoms with Gasteiger partial charge in [-0.25, -0.2) is 0 Å². The van der Waals surface area contributed by atoms with Gasteiger partial charge in [-0.3, -0.25) is 14.4 Å². The summed E-state index contributed by atoms with van der Waals surface area (Å²) in [5.74, 6) is -0.869. The molecule has 3 amide bonds. The second-order valence-electron chi connectivity index (χ2n) is 6.78. The Bertz CT molecular complexity index is 686. The summed E-state index contributed by atoms with van der Waals surface area (Å²) >= 11 is 0. The number of nitrogens with zero attached hydrogens (tertiary/aromatic N) is 1. The Kier molecular flexibility index (Phi) is 5.36. The Labute approximate surface area is 148 Å². The van der Waals surface area contributed by atoms with Gasteiger partial charge in [-0.15, -0.1) is 0 Å². The lowest BCUT2D eigenvalue weighted by Crippen LogP contribution is -2.40. The summed E-state index contributed by atoms with van der Waals surface area (Å²) in [7, 11) is 0. The molecular weight excluding hydrogens is 318 g/mol. The molecule has 1 atom stereocenters. The smallest absolute Gasteiger partial charge is 0.239 e. The molecule has 1 heterocycles. The molecule has 0 unspecified atom stereocenters. The maximum atomic E-state index is 12.3. The first-order valence-electron chi connectivity index (χ1n) is 9.05. The zero-order valence-electron chi connectivity index (χ0n) is 14.6. The zero-order valence-corrected chi connectivity index (χ0v) is 14.6. The van der Waals surface area contributed by atoms with E-state index in [-0.39, 0.29) is 30.7 Å². The van der Waals surface area contributed by atoms with Crippen LogP contribution in [0, 0.1) is 5.92 Å². The van der Waals surface area contributed by atoms with Gasteiger partial charge in [0.1, 0.15) is 0 Å². The van der Waals surface area contributed by atoms with E-state index in [1.807, 2.05) is 13.0 Å². The van der Waals surface area contributed by atoms with Crippen LogP contribution < -0.4 is 15.5 Å². The quantitative estimate of drug-likeness (QED) is 0.814. The molecule has 1 saturated heterocycles. The van der Waals surface area contributed by atoms with Crippen molar-refractivity contribution < 1.29 is 14.4 Å². The van der Waals surface area contributed by atoms with Gasteiger partial charge in [-0.2, -0.15) is 0 Å². The molecule has 6 nitrogen and oxygen atoms in total. The van der Waals surface area contributed by atoms with Gasteiger partial charge < -0.3 is 15.5 Å². The number of hydrogen-bond acceptors (Lipinski definition) is 3. The molecule has 1 aliphatic carbocycles. The summed E-state index contributed by atoms with van der Waals surface area (Å²) in [4.78, 5) is 37.9. The van der Waals surface area contributed by atoms with Crippen molar-refractivity contribution in [2.45, 2.75) is 39.0 Å². The fourth-order valence-electron chi connectivity index (χ4n) is 3.50. The highest BCUT2D eigenvalue weighted by Gasteiger charge is 2.35. The van der Waals surface area contributed by atoms with Crippen molar-refractivity contribution >= 4 is 23.4 Å². The summed E-state index contributed by atoms with van der Waals surface area (Å²) in [5.41, 5.74) is 3.55. The fourth-order valence-corrected chi connectivity index (χ4v) is 3.50. The lowest BCUT2D eigenvalue weighted by molar-refractivity contribution is -0.128. The van der Waals surface area contributed by atoms with Crippen molar-refractivity contribution in [3.05, 3.63) is 29.3 Å². The number of carbonyl (C=O) groups excluding carboxylic acids is 3. The Morgan fingerprint density at radius 3 is 2.80 bits per heavy atom. The van der Waals surface area contributed by atoms with Gasteiger partial charge >= 0.3 is 0 Å². The van der Waals surface area contributed by atoms with Crippen molar-refractivity contribution in [3.8, 4) is 0 Å². The standard InChI is InChI=1S/C19H25N3O3/c1-2-8-20-17(23)11-21-19(25)15-10-18(24)22(12-15)16-7-6-13-4-3-5-14(13)9-16/h6-7,9,15H,2-5,8,10-12H2,1H3,(H,20,23)(H,21,25)/t15-/m0/s1. The summed E-state index contributed by atoms with van der Waals surface area (Å²) in [5, 5.41) is 5.35. The van der Waals surface area contributed by atoms with Crippen LogP contribution in [0.15, 0.2) is 18.2 Å². The van der Waals surface area contributed by atoms with Crippen LogP contribution in [-0.4, -0.2) is 37.4 Å². The molecule has 0 bridgehead atoms. The third-order valence-corrected chi connectivity index (χ3v) is 4.88. The van der Waals surface area contributed by atoms with Crippen LogP contribution in [0.2, 0.25) is 0 Å². The Hall–Kier alpha value is -2.37. The number of amides is 3. The first-order valence-corrected chi connectivity index (χ1v) is 9.05. The summed E-state index contributed by atoms with van der Waals surface area (Å²) < 4.78 is 0. The minimum Gasteiger partial charge on any atom is -0.355 e. The van der Waals surface area contributed by atoms with E-state index in [0.717, 1.165) is 31.4 Å². The van der Waals surface area contributed by atoms with Crippen molar-refractivity contribution in [2.75, 3.05) is 24.5 Å². The van der Waals surface area contributed by atoms with Crippen LogP contribution in [0.3, 0.4) is 0 Å². The molecule has 0 spiro atoms. The second kappa shape index (κ2) is 7.68. The number of nitrogens with one attached hydrogen (secondary N) is 2. The largest absolute Gasteiger partial charge is 0.355 e. The molecule has 1 aromatic carbocycles. The number of hydrogen-bond donors (Lipinski definition) is 2. The maximum absolute atomic E-state index is 12.3. The second-order valence-corrected chi connectivity index (χ2v) is 6.78. The van der Waals surface area contributed by atoms with Gasteiger partial charge in [0.25, 0.3) is 0 Å². The van der Waals surface area contributed by atoms with Crippen LogP contribution in [0.5, 0.6) is 0 Å². The molecule has 2 aliphatic rings. The monoisotopic (exact) mass is 343 g/mol. The molecule has 2 N–H and O–H groups in total. The third-order valence-electron chi connectivity index (χ3n) is 4.88. The lowest BCUT2D eigenvalue weighted by Gasteiger charge is -2.18. The highest BCUT2D eigenvalue weighted by molar-refractivity contribution is 6.00. The van der Waals surface area contributed by atoms with Gasteiger partial charge in [-0.1, -0.05) is 13.0 Å². The fraction of sp³-hybridized carbons (Fsp3) is 0.526. The van der Waals surface area contributed by atoms with E-state index in [1.54, 1.807) is 4.90 Å². The average molecular weight is 343 g/mol. The maximum Gasteiger partial charge on any atom is 0.239 e. The van der Waals surface area contributed by atoms with E-state index in [1.165, 1.54) is 11.1 Å². The predicted octanol–water partition coefficient (Wildman–Crippen LogP) is 1.17. The van der Waals surface area contributed by atoms with Gasteiger partial charge in [0.15, 0.2) is 0 Å². The molecule has 0 aromatic heterocycles. The van der Waals surface area contributed by atoms with Crippen molar-refractivity contribution in [3.63, 3.8) is 0 Å². The number of carbonyl (C=O) groups is 3. The topological polar surface area (TPSA) is 78.5 Å². The highest BCUT2D eigenvalue weighted by atomic mass is 16.2. The Morgan fingerprint density at radius 2 is 2.00 bits per heavy atom. The molecule has 6 heteroatoms. The van der Waals surface area contributed by atoms with Gasteiger partial charge in [0.05, 0.1) is 12.5 Å². The molecule has 1 aliphatic heterocycles. The van der Waals surface area contributed by atoms with E-state index in [0.29, 0.717) is 13.1 Å². The van der Waals surface area contributed by atoms with E-state index < -0.39 is 5.92 Å². The number of anilines is 1. The molecule has 1 aromatic rings. The van der Waals surface area contributed by atoms with Gasteiger partial charge in [-0.05, 0) is 48.9 Å². The van der Waals surface area contributed by atoms with Crippen molar-refractivity contribution in [1.82, 2.24) is 10.6 Å². The Morgan fingerprint density at radius 1 is 1.20 bits per heavy atom. The first-order chi connectivity index (χ1) is 12.1. The number of fused-ring (bicyclic) bond motifs is 1. The molecular formula is C19H25N3O3. The van der Waals surface area contributed by atoms with Gasteiger partial charge in [0, 0.05) is 25.2 Å². The molecule has 134 valence electrons. The van der Waals surface area contributed by atoms with E-state index in [9.17, 15) is 14.4 Å². The van der Waals surface area contributed by atoms with Crippen LogP contribution in [0.25, 0.3) is 0 Å².